The van der Waals surface area contributed by atoms with E-state index in [-0.39, 0.29) is 13.8 Å². The predicted molar refractivity (Wildman–Crippen MR) is 53.6 cm³/mol. The molecule has 0 amide bonds. The zero-order chi connectivity index (χ0) is 10.1. The molecule has 0 aromatic carbocycles. The maximum absolute atomic E-state index is 8.45. The molecule has 0 saturated heterocycles. The van der Waals surface area contributed by atoms with Gasteiger partial charge in [0, 0.05) is 20.0 Å². The summed E-state index contributed by atoms with van der Waals surface area (Å²) in [5.74, 6) is 0.205. The van der Waals surface area contributed by atoms with Crippen LogP contribution in [0.4, 0.5) is 0 Å². The molecule has 0 aliphatic rings. The van der Waals surface area contributed by atoms with Crippen molar-refractivity contribution in [1.29, 1.82) is 10.5 Å². The third-order valence-corrected chi connectivity index (χ3v) is 4.71. The third kappa shape index (κ3) is 5.58. The molecule has 0 heterocycles. The maximum Gasteiger partial charge on any atom is 0.0734 e. The first-order valence-corrected chi connectivity index (χ1v) is 6.05. The lowest BCUT2D eigenvalue weighted by atomic mass is 10.5. The second kappa shape index (κ2) is 7.99. The van der Waals surface area contributed by atoms with Gasteiger partial charge in [-0.05, 0) is 19.2 Å². The molecule has 0 rings (SSSR count). The molecule has 0 aliphatic carbocycles. The Kier molecular flexibility index (Phi) is 7.60. The number of methoxy groups -OCH3 is 1. The zero-order valence-corrected chi connectivity index (χ0v) is 9.05. The van der Waals surface area contributed by atoms with Crippen molar-refractivity contribution in [3.8, 4) is 12.1 Å². The van der Waals surface area contributed by atoms with Crippen molar-refractivity contribution in [1.82, 2.24) is 0 Å². The minimum Gasteiger partial charge on any atom is -0.377 e. The minimum absolute atomic E-state index is 0.205. The van der Waals surface area contributed by atoms with Crippen molar-refractivity contribution < 1.29 is 4.74 Å². The predicted octanol–water partition coefficient (Wildman–Crippen LogP) is 2.29. The van der Waals surface area contributed by atoms with Crippen LogP contribution >= 0.6 is 7.92 Å². The fourth-order valence-electron chi connectivity index (χ4n) is 1.01. The van der Waals surface area contributed by atoms with Crippen LogP contribution in [-0.2, 0) is 4.74 Å². The monoisotopic (exact) mass is 198 g/mol. The van der Waals surface area contributed by atoms with Crippen LogP contribution in [0.15, 0.2) is 0 Å². The summed E-state index contributed by atoms with van der Waals surface area (Å²) in [6.45, 7) is 2.01. The lowest BCUT2D eigenvalue weighted by Crippen LogP contribution is -2.07. The molecule has 1 unspecified atom stereocenters. The smallest absolute Gasteiger partial charge is 0.0734 e. The van der Waals surface area contributed by atoms with E-state index in [1.54, 1.807) is 7.11 Å². The summed E-state index contributed by atoms with van der Waals surface area (Å²) < 4.78 is 5.22. The summed E-state index contributed by atoms with van der Waals surface area (Å²) in [6.07, 6.45) is 2.93. The molecule has 4 heteroatoms. The molecule has 0 aliphatic heterocycles. The highest BCUT2D eigenvalue weighted by molar-refractivity contribution is 7.58. The van der Waals surface area contributed by atoms with Gasteiger partial charge in [0.1, 0.15) is 0 Å². The van der Waals surface area contributed by atoms with Crippen molar-refractivity contribution in [3.63, 3.8) is 0 Å². The fourth-order valence-corrected chi connectivity index (χ4v) is 3.04. The van der Waals surface area contributed by atoms with Crippen LogP contribution in [0.3, 0.4) is 0 Å². The molecule has 3 nitrogen and oxygen atoms in total. The van der Waals surface area contributed by atoms with Gasteiger partial charge in [0.05, 0.1) is 18.0 Å². The van der Waals surface area contributed by atoms with Gasteiger partial charge >= 0.3 is 0 Å². The van der Waals surface area contributed by atoms with E-state index in [4.69, 9.17) is 15.3 Å². The molecule has 72 valence electrons. The molecule has 13 heavy (non-hydrogen) atoms. The number of rotatable bonds is 6. The van der Waals surface area contributed by atoms with Crippen molar-refractivity contribution in [2.75, 3.05) is 19.4 Å². The van der Waals surface area contributed by atoms with Gasteiger partial charge < -0.3 is 4.74 Å². The maximum atomic E-state index is 8.45. The second-order valence-electron chi connectivity index (χ2n) is 2.69. The lowest BCUT2D eigenvalue weighted by Gasteiger charge is -2.21. The highest BCUT2D eigenvalue weighted by atomic mass is 31.1. The average Bonchev–Trinajstić information content (AvgIpc) is 2.17. The van der Waals surface area contributed by atoms with Gasteiger partial charge in [-0.3, -0.25) is 0 Å². The summed E-state index contributed by atoms with van der Waals surface area (Å²) in [5, 5.41) is 16.9. The molecule has 0 aromatic heterocycles. The number of ether oxygens (including phenoxy) is 1. The minimum atomic E-state index is -0.301. The standard InChI is InChI=1S/C9H15N2OP/c1-9(12-2)13(7-3-5-10)8-4-6-11/h9H,3-4,7-8H2,1-2H3. The SMILES string of the molecule is COC(C)P(CCC#N)CCC#N. The summed E-state index contributed by atoms with van der Waals surface area (Å²) in [7, 11) is 1.38. The van der Waals surface area contributed by atoms with E-state index in [2.05, 4.69) is 12.1 Å². The summed E-state index contributed by atoms with van der Waals surface area (Å²) in [6, 6.07) is 4.26. The molecular weight excluding hydrogens is 183 g/mol. The van der Waals surface area contributed by atoms with E-state index in [0.717, 1.165) is 12.3 Å². The Hall–Kier alpha value is -0.630. The van der Waals surface area contributed by atoms with E-state index in [1.165, 1.54) is 0 Å². The van der Waals surface area contributed by atoms with Crippen LogP contribution in [0.25, 0.3) is 0 Å². The average molecular weight is 198 g/mol. The Bertz CT molecular complexity index is 189. The van der Waals surface area contributed by atoms with E-state index >= 15 is 0 Å². The van der Waals surface area contributed by atoms with E-state index in [0.29, 0.717) is 12.8 Å². The first-order chi connectivity index (χ1) is 6.26. The largest absolute Gasteiger partial charge is 0.377 e. The normalized spacial score (nSPS) is 12.1. The molecule has 0 spiro atoms. The Morgan fingerprint density at radius 2 is 1.69 bits per heavy atom. The number of hydrogen-bond donors (Lipinski definition) is 0. The van der Waals surface area contributed by atoms with Gasteiger partial charge in [0.25, 0.3) is 0 Å². The molecule has 0 radical (unpaired) electrons. The van der Waals surface area contributed by atoms with Gasteiger partial charge in [0.2, 0.25) is 0 Å². The second-order valence-corrected chi connectivity index (χ2v) is 5.49. The molecular formula is C9H15N2OP. The van der Waals surface area contributed by atoms with Gasteiger partial charge in [0.15, 0.2) is 0 Å². The van der Waals surface area contributed by atoms with Gasteiger partial charge in [-0.25, -0.2) is 0 Å². The molecule has 0 saturated carbocycles. The van der Waals surface area contributed by atoms with Crippen LogP contribution in [0.5, 0.6) is 0 Å². The Balaban J connectivity index is 3.89. The topological polar surface area (TPSA) is 56.8 Å². The number of nitrogens with zero attached hydrogens (tertiary/aromatic N) is 2. The van der Waals surface area contributed by atoms with Crippen molar-refractivity contribution in [2.24, 2.45) is 0 Å². The van der Waals surface area contributed by atoms with Crippen LogP contribution in [0.1, 0.15) is 19.8 Å². The van der Waals surface area contributed by atoms with Crippen LogP contribution in [-0.4, -0.2) is 25.3 Å². The van der Waals surface area contributed by atoms with Gasteiger partial charge in [-0.2, -0.15) is 10.5 Å². The summed E-state index contributed by atoms with van der Waals surface area (Å²) >= 11 is 0. The van der Waals surface area contributed by atoms with E-state index in [9.17, 15) is 0 Å². The summed E-state index contributed by atoms with van der Waals surface area (Å²) in [4.78, 5) is 0. The Morgan fingerprint density at radius 3 is 2.00 bits per heavy atom. The third-order valence-electron chi connectivity index (χ3n) is 1.88. The first-order valence-electron chi connectivity index (χ1n) is 4.27. The Labute approximate surface area is 81.1 Å². The zero-order valence-electron chi connectivity index (χ0n) is 8.16. The Morgan fingerprint density at radius 1 is 1.23 bits per heavy atom. The first kappa shape index (κ1) is 12.4. The van der Waals surface area contributed by atoms with Crippen molar-refractivity contribution in [2.45, 2.75) is 25.6 Å². The summed E-state index contributed by atoms with van der Waals surface area (Å²) in [5.41, 5.74) is 0. The van der Waals surface area contributed by atoms with E-state index in [1.807, 2.05) is 6.92 Å². The molecule has 0 N–H and O–H groups in total. The van der Waals surface area contributed by atoms with Crippen LogP contribution < -0.4 is 0 Å². The molecule has 0 bridgehead atoms. The van der Waals surface area contributed by atoms with Crippen LogP contribution in [0, 0.1) is 22.7 Å². The fraction of sp³-hybridized carbons (Fsp3) is 0.778. The highest BCUT2D eigenvalue weighted by Crippen LogP contribution is 2.42. The van der Waals surface area contributed by atoms with Gasteiger partial charge in [-0.1, -0.05) is 7.92 Å². The molecule has 0 aromatic rings. The highest BCUT2D eigenvalue weighted by Gasteiger charge is 2.14. The van der Waals surface area contributed by atoms with Crippen molar-refractivity contribution >= 4 is 7.92 Å². The quantitative estimate of drug-likeness (QED) is 0.615. The van der Waals surface area contributed by atoms with Crippen molar-refractivity contribution in [3.05, 3.63) is 0 Å². The van der Waals surface area contributed by atoms with Crippen LogP contribution in [0.2, 0.25) is 0 Å². The number of nitriles is 2. The van der Waals surface area contributed by atoms with E-state index < -0.39 is 0 Å². The number of hydrogen-bond acceptors (Lipinski definition) is 3. The molecule has 1 atom stereocenters. The molecule has 0 fully saturated rings. The van der Waals surface area contributed by atoms with Gasteiger partial charge in [-0.15, -0.1) is 0 Å². The lowest BCUT2D eigenvalue weighted by molar-refractivity contribution is 0.182.